The molecule has 35 heavy (non-hydrogen) atoms. The van der Waals surface area contributed by atoms with E-state index in [1.54, 1.807) is 0 Å². The van der Waals surface area contributed by atoms with Gasteiger partial charge in [0.1, 0.15) is 0 Å². The Morgan fingerprint density at radius 1 is 1.34 bits per heavy atom. The number of fused-ring (bicyclic) bond motifs is 1. The monoisotopic (exact) mass is 502 g/mol. The SMILES string of the molecule is CCC#CC(C)CC(=O)C(Cl)=CC1C(OC2CCCCO2)CC2C=C(C=CCCC(=O)OC)CC21. The molecule has 192 valence electrons. The maximum absolute atomic E-state index is 12.8. The topological polar surface area (TPSA) is 61.8 Å². The van der Waals surface area contributed by atoms with Crippen molar-refractivity contribution in [2.75, 3.05) is 13.7 Å². The molecule has 3 aliphatic rings. The minimum atomic E-state index is -0.198. The van der Waals surface area contributed by atoms with Crippen LogP contribution in [0.2, 0.25) is 0 Å². The van der Waals surface area contributed by atoms with E-state index in [0.717, 1.165) is 45.1 Å². The molecular formula is C29H39ClO5. The van der Waals surface area contributed by atoms with Gasteiger partial charge in [-0.2, -0.15) is 0 Å². The third-order valence-electron chi connectivity index (χ3n) is 7.04. The van der Waals surface area contributed by atoms with Gasteiger partial charge in [-0.3, -0.25) is 9.59 Å². The van der Waals surface area contributed by atoms with Gasteiger partial charge in [-0.25, -0.2) is 0 Å². The molecule has 5 nitrogen and oxygen atoms in total. The van der Waals surface area contributed by atoms with Crippen molar-refractivity contribution >= 4 is 23.4 Å². The van der Waals surface area contributed by atoms with Crippen molar-refractivity contribution in [3.8, 4) is 11.8 Å². The van der Waals surface area contributed by atoms with Gasteiger partial charge in [0.15, 0.2) is 12.1 Å². The Morgan fingerprint density at radius 2 is 2.17 bits per heavy atom. The number of ketones is 1. The van der Waals surface area contributed by atoms with E-state index in [1.807, 2.05) is 26.0 Å². The van der Waals surface area contributed by atoms with Crippen LogP contribution in [0, 0.1) is 35.5 Å². The zero-order valence-corrected chi connectivity index (χ0v) is 22.0. The average molecular weight is 503 g/mol. The van der Waals surface area contributed by atoms with Gasteiger partial charge < -0.3 is 14.2 Å². The zero-order chi connectivity index (χ0) is 25.2. The Balaban J connectivity index is 1.69. The Labute approximate surface area is 215 Å². The van der Waals surface area contributed by atoms with Crippen LogP contribution in [0.15, 0.2) is 34.9 Å². The summed E-state index contributed by atoms with van der Waals surface area (Å²) < 4.78 is 17.0. The first-order valence-corrected chi connectivity index (χ1v) is 13.4. The Bertz CT molecular complexity index is 886. The van der Waals surface area contributed by atoms with E-state index >= 15 is 0 Å². The summed E-state index contributed by atoms with van der Waals surface area (Å²) in [6, 6.07) is 0. The predicted molar refractivity (Wildman–Crippen MR) is 137 cm³/mol. The number of methoxy groups -OCH3 is 1. The highest BCUT2D eigenvalue weighted by Gasteiger charge is 2.45. The maximum Gasteiger partial charge on any atom is 0.305 e. The average Bonchev–Trinajstić information content (AvgIpc) is 3.38. The van der Waals surface area contributed by atoms with Crippen molar-refractivity contribution in [2.24, 2.45) is 23.7 Å². The molecule has 2 fully saturated rings. The molecule has 0 N–H and O–H groups in total. The van der Waals surface area contributed by atoms with Gasteiger partial charge in [-0.05, 0) is 50.4 Å². The smallest absolute Gasteiger partial charge is 0.305 e. The van der Waals surface area contributed by atoms with Gasteiger partial charge in [0.2, 0.25) is 0 Å². The standard InChI is InChI=1S/C29H39ClO5/c1-4-5-10-20(2)15-26(31)25(30)19-24-23-17-21(11-6-7-12-28(32)33-3)16-22(23)18-27(24)35-29-13-8-9-14-34-29/h6,11,16,19-20,22-24,27,29H,4,7-9,12-15,17-18H2,1-3H3. The second kappa shape index (κ2) is 14.0. The largest absolute Gasteiger partial charge is 0.469 e. The molecule has 0 aromatic rings. The molecule has 1 aliphatic heterocycles. The molecule has 6 unspecified atom stereocenters. The Kier molecular flexibility index (Phi) is 11.1. The van der Waals surface area contributed by atoms with Gasteiger partial charge in [0.25, 0.3) is 0 Å². The van der Waals surface area contributed by atoms with Crippen molar-refractivity contribution in [1.29, 1.82) is 0 Å². The number of hydrogen-bond acceptors (Lipinski definition) is 5. The molecule has 0 bridgehead atoms. The summed E-state index contributed by atoms with van der Waals surface area (Å²) in [7, 11) is 1.41. The number of allylic oxidation sites excluding steroid dienone is 5. The van der Waals surface area contributed by atoms with E-state index in [2.05, 4.69) is 24.0 Å². The van der Waals surface area contributed by atoms with Crippen LogP contribution < -0.4 is 0 Å². The minimum absolute atomic E-state index is 0.0153. The van der Waals surface area contributed by atoms with Crippen LogP contribution in [-0.2, 0) is 23.8 Å². The van der Waals surface area contributed by atoms with E-state index in [-0.39, 0.29) is 36.0 Å². The molecule has 0 aromatic heterocycles. The highest BCUT2D eigenvalue weighted by atomic mass is 35.5. The molecule has 1 heterocycles. The molecule has 0 aromatic carbocycles. The minimum Gasteiger partial charge on any atom is -0.469 e. The van der Waals surface area contributed by atoms with Crippen molar-refractivity contribution in [3.63, 3.8) is 0 Å². The molecule has 6 atom stereocenters. The first kappa shape index (κ1) is 27.7. The van der Waals surface area contributed by atoms with Gasteiger partial charge in [0.05, 0.1) is 18.2 Å². The molecule has 1 saturated carbocycles. The van der Waals surface area contributed by atoms with Crippen molar-refractivity contribution in [1.82, 2.24) is 0 Å². The number of carbonyl (C=O) groups excluding carboxylic acids is 2. The summed E-state index contributed by atoms with van der Waals surface area (Å²) in [5.41, 5.74) is 1.27. The second-order valence-corrected chi connectivity index (χ2v) is 10.2. The summed E-state index contributed by atoms with van der Waals surface area (Å²) in [5, 5.41) is 0.293. The van der Waals surface area contributed by atoms with Crippen LogP contribution in [0.1, 0.15) is 71.6 Å². The fraction of sp³-hybridized carbons (Fsp3) is 0.655. The van der Waals surface area contributed by atoms with Crippen LogP contribution in [0.4, 0.5) is 0 Å². The quantitative estimate of drug-likeness (QED) is 0.204. The third-order valence-corrected chi connectivity index (χ3v) is 7.38. The summed E-state index contributed by atoms with van der Waals surface area (Å²) in [6.45, 7) is 4.70. The van der Waals surface area contributed by atoms with Gasteiger partial charge in [-0.1, -0.05) is 61.2 Å². The number of rotatable bonds is 10. The lowest BCUT2D eigenvalue weighted by molar-refractivity contribution is -0.192. The highest BCUT2D eigenvalue weighted by molar-refractivity contribution is 6.42. The number of halogens is 1. The second-order valence-electron chi connectivity index (χ2n) is 9.79. The predicted octanol–water partition coefficient (Wildman–Crippen LogP) is 6.12. The van der Waals surface area contributed by atoms with Crippen LogP contribution in [0.3, 0.4) is 0 Å². The van der Waals surface area contributed by atoms with Crippen LogP contribution in [0.25, 0.3) is 0 Å². The number of Topliss-reactive ketones (excluding diaryl/α,β-unsaturated/α-hetero) is 1. The number of carbonyl (C=O) groups is 2. The summed E-state index contributed by atoms with van der Waals surface area (Å²) in [4.78, 5) is 24.2. The maximum atomic E-state index is 12.8. The van der Waals surface area contributed by atoms with E-state index < -0.39 is 0 Å². The van der Waals surface area contributed by atoms with E-state index in [9.17, 15) is 9.59 Å². The fourth-order valence-electron chi connectivity index (χ4n) is 5.27. The van der Waals surface area contributed by atoms with Crippen LogP contribution in [0.5, 0.6) is 0 Å². The number of hydrogen-bond donors (Lipinski definition) is 0. The molecule has 1 saturated heterocycles. The molecular weight excluding hydrogens is 464 g/mol. The molecule has 2 aliphatic carbocycles. The van der Waals surface area contributed by atoms with Crippen LogP contribution in [-0.4, -0.2) is 37.9 Å². The van der Waals surface area contributed by atoms with E-state index in [1.165, 1.54) is 12.7 Å². The normalized spacial score (nSPS) is 29.3. The molecule has 0 radical (unpaired) electrons. The van der Waals surface area contributed by atoms with Crippen molar-refractivity contribution < 1.29 is 23.8 Å². The lowest BCUT2D eigenvalue weighted by Crippen LogP contribution is -2.31. The first-order valence-electron chi connectivity index (χ1n) is 13.0. The summed E-state index contributed by atoms with van der Waals surface area (Å²) in [6.07, 6.45) is 15.3. The van der Waals surface area contributed by atoms with Gasteiger partial charge in [0, 0.05) is 37.7 Å². The van der Waals surface area contributed by atoms with Crippen molar-refractivity contribution in [3.05, 3.63) is 34.9 Å². The highest BCUT2D eigenvalue weighted by Crippen LogP contribution is 2.49. The van der Waals surface area contributed by atoms with Crippen LogP contribution >= 0.6 is 11.6 Å². The lowest BCUT2D eigenvalue weighted by atomic mass is 9.88. The Morgan fingerprint density at radius 3 is 2.89 bits per heavy atom. The summed E-state index contributed by atoms with van der Waals surface area (Å²) in [5.74, 6) is 6.64. The third kappa shape index (κ3) is 8.34. The number of ether oxygens (including phenoxy) is 3. The fourth-order valence-corrected chi connectivity index (χ4v) is 5.50. The summed E-state index contributed by atoms with van der Waals surface area (Å²) >= 11 is 6.57. The Hall–Kier alpha value is -1.87. The number of esters is 1. The van der Waals surface area contributed by atoms with E-state index in [4.69, 9.17) is 25.8 Å². The molecule has 0 spiro atoms. The molecule has 3 rings (SSSR count). The van der Waals surface area contributed by atoms with Gasteiger partial charge >= 0.3 is 5.97 Å². The molecule has 6 heteroatoms. The van der Waals surface area contributed by atoms with Crippen molar-refractivity contribution in [2.45, 2.75) is 84.0 Å². The molecule has 0 amide bonds. The first-order chi connectivity index (χ1) is 16.9. The van der Waals surface area contributed by atoms with Gasteiger partial charge in [-0.15, -0.1) is 5.92 Å². The van der Waals surface area contributed by atoms with E-state index in [0.29, 0.717) is 36.1 Å². The zero-order valence-electron chi connectivity index (χ0n) is 21.3. The lowest BCUT2D eigenvalue weighted by Gasteiger charge is -2.29.